The van der Waals surface area contributed by atoms with Gasteiger partial charge in [-0.3, -0.25) is 4.90 Å². The first-order valence-corrected chi connectivity index (χ1v) is 10.8. The van der Waals surface area contributed by atoms with Gasteiger partial charge in [-0.15, -0.1) is 0 Å². The Morgan fingerprint density at radius 1 is 0.906 bits per heavy atom. The van der Waals surface area contributed by atoms with Gasteiger partial charge >= 0.3 is 0 Å². The van der Waals surface area contributed by atoms with E-state index in [0.29, 0.717) is 23.3 Å². The van der Waals surface area contributed by atoms with Gasteiger partial charge in [0.1, 0.15) is 23.5 Å². The second-order valence-electron chi connectivity index (χ2n) is 7.86. The van der Waals surface area contributed by atoms with Gasteiger partial charge in [-0.2, -0.15) is 5.26 Å². The molecular weight excluding hydrogens is 408 g/mol. The largest absolute Gasteiger partial charge is 0.486 e. The molecule has 0 spiro atoms. The van der Waals surface area contributed by atoms with Crippen molar-refractivity contribution < 1.29 is 13.5 Å². The molecule has 3 aromatic rings. The number of rotatable bonds is 7. The molecule has 4 rings (SSSR count). The van der Waals surface area contributed by atoms with E-state index in [1.807, 2.05) is 18.2 Å². The van der Waals surface area contributed by atoms with Crippen molar-refractivity contribution in [2.75, 3.05) is 37.6 Å². The van der Waals surface area contributed by atoms with Crippen LogP contribution in [-0.2, 0) is 0 Å². The average molecular weight is 434 g/mol. The summed E-state index contributed by atoms with van der Waals surface area (Å²) in [5.74, 6) is 0.0281. The molecule has 1 fully saturated rings. The lowest BCUT2D eigenvalue weighted by Crippen LogP contribution is -2.46. The Hall–Kier alpha value is -3.43. The molecule has 0 amide bonds. The highest BCUT2D eigenvalue weighted by molar-refractivity contribution is 5.46. The zero-order chi connectivity index (χ0) is 22.3. The molecule has 6 heteroatoms. The van der Waals surface area contributed by atoms with E-state index in [1.54, 1.807) is 36.4 Å². The Balaban J connectivity index is 1.40. The van der Waals surface area contributed by atoms with Crippen molar-refractivity contribution in [3.63, 3.8) is 0 Å². The fourth-order valence-corrected chi connectivity index (χ4v) is 4.00. The maximum atomic E-state index is 14.5. The molecule has 32 heavy (non-hydrogen) atoms. The van der Waals surface area contributed by atoms with E-state index < -0.39 is 6.10 Å². The fraction of sp³-hybridized carbons (Fsp3) is 0.269. The number of anilines is 1. The molecule has 0 aromatic heterocycles. The summed E-state index contributed by atoms with van der Waals surface area (Å²) in [6.07, 6.45) is 0.161. The Morgan fingerprint density at radius 3 is 2.38 bits per heavy atom. The number of hydrogen-bond acceptors (Lipinski definition) is 4. The van der Waals surface area contributed by atoms with Crippen molar-refractivity contribution in [3.8, 4) is 11.8 Å². The zero-order valence-corrected chi connectivity index (χ0v) is 17.8. The normalized spacial score (nSPS) is 15.2. The van der Waals surface area contributed by atoms with E-state index in [1.165, 1.54) is 18.2 Å². The molecule has 1 unspecified atom stereocenters. The van der Waals surface area contributed by atoms with Gasteiger partial charge in [0.05, 0.1) is 11.6 Å². The number of ether oxygens (including phenoxy) is 1. The Morgan fingerprint density at radius 2 is 1.66 bits per heavy atom. The van der Waals surface area contributed by atoms with Crippen LogP contribution in [-0.4, -0.2) is 37.6 Å². The molecule has 0 aliphatic carbocycles. The highest BCUT2D eigenvalue weighted by atomic mass is 19.1. The molecular formula is C26H25F2N3O. The maximum Gasteiger partial charge on any atom is 0.130 e. The molecule has 1 aliphatic heterocycles. The van der Waals surface area contributed by atoms with E-state index in [0.717, 1.165) is 38.4 Å². The molecule has 0 saturated carbocycles. The summed E-state index contributed by atoms with van der Waals surface area (Å²) in [6, 6.07) is 22.3. The summed E-state index contributed by atoms with van der Waals surface area (Å²) in [5.41, 5.74) is 2.04. The average Bonchev–Trinajstić information content (AvgIpc) is 2.83. The van der Waals surface area contributed by atoms with Crippen LogP contribution in [0.1, 0.15) is 23.7 Å². The highest BCUT2D eigenvalue weighted by Gasteiger charge is 2.22. The monoisotopic (exact) mass is 433 g/mol. The summed E-state index contributed by atoms with van der Waals surface area (Å²) < 4.78 is 33.9. The molecule has 1 atom stereocenters. The van der Waals surface area contributed by atoms with Crippen molar-refractivity contribution in [2.24, 2.45) is 0 Å². The van der Waals surface area contributed by atoms with Crippen LogP contribution in [0.5, 0.6) is 5.75 Å². The van der Waals surface area contributed by atoms with Crippen LogP contribution in [0.15, 0.2) is 72.8 Å². The quantitative estimate of drug-likeness (QED) is 0.515. The summed E-state index contributed by atoms with van der Waals surface area (Å²) in [6.45, 7) is 4.19. The van der Waals surface area contributed by atoms with Crippen LogP contribution in [0, 0.1) is 23.0 Å². The van der Waals surface area contributed by atoms with Gasteiger partial charge in [0.15, 0.2) is 0 Å². The molecule has 1 heterocycles. The minimum Gasteiger partial charge on any atom is -0.486 e. The third kappa shape index (κ3) is 5.43. The molecule has 3 aromatic carbocycles. The molecule has 4 nitrogen and oxygen atoms in total. The third-order valence-corrected chi connectivity index (χ3v) is 5.77. The fourth-order valence-electron chi connectivity index (χ4n) is 4.00. The van der Waals surface area contributed by atoms with Gasteiger partial charge in [0, 0.05) is 50.4 Å². The molecule has 1 aliphatic rings. The maximum absolute atomic E-state index is 14.5. The van der Waals surface area contributed by atoms with Gasteiger partial charge in [-0.05, 0) is 48.5 Å². The van der Waals surface area contributed by atoms with Crippen molar-refractivity contribution >= 4 is 5.69 Å². The SMILES string of the molecule is N#Cc1cccc(OC(CCN2CCN(c3ccc(F)cc3)CC2)c2ccccc2F)c1. The van der Waals surface area contributed by atoms with Gasteiger partial charge in [-0.1, -0.05) is 24.3 Å². The molecule has 0 bridgehead atoms. The van der Waals surface area contributed by atoms with Crippen molar-refractivity contribution in [3.05, 3.63) is 95.6 Å². The van der Waals surface area contributed by atoms with E-state index >= 15 is 0 Å². The number of halogens is 2. The molecule has 164 valence electrons. The lowest BCUT2D eigenvalue weighted by Gasteiger charge is -2.36. The minimum atomic E-state index is -0.458. The second-order valence-corrected chi connectivity index (χ2v) is 7.86. The first kappa shape index (κ1) is 21.8. The smallest absolute Gasteiger partial charge is 0.130 e. The van der Waals surface area contributed by atoms with Crippen LogP contribution < -0.4 is 9.64 Å². The Labute approximate surface area is 187 Å². The number of benzene rings is 3. The predicted octanol–water partition coefficient (Wildman–Crippen LogP) is 5.17. The summed E-state index contributed by atoms with van der Waals surface area (Å²) in [7, 11) is 0. The lowest BCUT2D eigenvalue weighted by atomic mass is 10.0. The van der Waals surface area contributed by atoms with Crippen molar-refractivity contribution in [2.45, 2.75) is 12.5 Å². The summed E-state index contributed by atoms with van der Waals surface area (Å²) in [4.78, 5) is 4.58. The number of nitriles is 1. The van der Waals surface area contributed by atoms with Crippen LogP contribution >= 0.6 is 0 Å². The highest BCUT2D eigenvalue weighted by Crippen LogP contribution is 2.28. The van der Waals surface area contributed by atoms with Crippen LogP contribution in [0.25, 0.3) is 0 Å². The van der Waals surface area contributed by atoms with Gasteiger partial charge in [-0.25, -0.2) is 8.78 Å². The summed E-state index contributed by atoms with van der Waals surface area (Å²) in [5, 5.41) is 9.15. The predicted molar refractivity (Wildman–Crippen MR) is 121 cm³/mol. The minimum absolute atomic E-state index is 0.230. The summed E-state index contributed by atoms with van der Waals surface area (Å²) >= 11 is 0. The number of nitrogens with zero attached hydrogens (tertiary/aromatic N) is 3. The van der Waals surface area contributed by atoms with Crippen molar-refractivity contribution in [1.29, 1.82) is 5.26 Å². The van der Waals surface area contributed by atoms with E-state index in [-0.39, 0.29) is 11.6 Å². The Bertz CT molecular complexity index is 1070. The van der Waals surface area contributed by atoms with Gasteiger partial charge in [0.2, 0.25) is 0 Å². The topological polar surface area (TPSA) is 39.5 Å². The second kappa shape index (κ2) is 10.3. The molecule has 0 N–H and O–H groups in total. The van der Waals surface area contributed by atoms with E-state index in [4.69, 9.17) is 10.00 Å². The lowest BCUT2D eigenvalue weighted by molar-refractivity contribution is 0.157. The van der Waals surface area contributed by atoms with Crippen LogP contribution in [0.3, 0.4) is 0 Å². The third-order valence-electron chi connectivity index (χ3n) is 5.77. The molecule has 0 radical (unpaired) electrons. The van der Waals surface area contributed by atoms with E-state index in [2.05, 4.69) is 15.9 Å². The van der Waals surface area contributed by atoms with Gasteiger partial charge in [0.25, 0.3) is 0 Å². The first-order valence-electron chi connectivity index (χ1n) is 10.8. The zero-order valence-electron chi connectivity index (χ0n) is 17.8. The van der Waals surface area contributed by atoms with Gasteiger partial charge < -0.3 is 9.64 Å². The number of hydrogen-bond donors (Lipinski definition) is 0. The van der Waals surface area contributed by atoms with Crippen LogP contribution in [0.4, 0.5) is 14.5 Å². The first-order chi connectivity index (χ1) is 15.6. The standard InChI is InChI=1S/C26H25F2N3O/c27-21-8-10-22(11-9-21)31-16-14-30(15-17-31)13-12-26(24-6-1-2-7-25(24)28)32-23-5-3-4-20(18-23)19-29/h1-11,18,26H,12-17H2. The Kier molecular flexibility index (Phi) is 6.98. The van der Waals surface area contributed by atoms with Crippen LogP contribution in [0.2, 0.25) is 0 Å². The number of piperazine rings is 1. The van der Waals surface area contributed by atoms with Crippen molar-refractivity contribution in [1.82, 2.24) is 4.90 Å². The van der Waals surface area contributed by atoms with E-state index in [9.17, 15) is 8.78 Å². The molecule has 1 saturated heterocycles.